The van der Waals surface area contributed by atoms with Gasteiger partial charge in [0.05, 0.1) is 21.3 Å². The number of benzene rings is 2. The fourth-order valence-corrected chi connectivity index (χ4v) is 4.03. The highest BCUT2D eigenvalue weighted by Crippen LogP contribution is 2.31. The Kier molecular flexibility index (Phi) is 6.59. The second-order valence-corrected chi connectivity index (χ2v) is 8.23. The summed E-state index contributed by atoms with van der Waals surface area (Å²) in [6, 6.07) is 8.04. The van der Waals surface area contributed by atoms with Crippen LogP contribution in [0.1, 0.15) is 17.3 Å². The quantitative estimate of drug-likeness (QED) is 0.652. The molecule has 0 unspecified atom stereocenters. The predicted molar refractivity (Wildman–Crippen MR) is 103 cm³/mol. The van der Waals surface area contributed by atoms with Gasteiger partial charge in [0.1, 0.15) is 4.90 Å². The van der Waals surface area contributed by atoms with Crippen LogP contribution in [0.5, 0.6) is 0 Å². The van der Waals surface area contributed by atoms with Gasteiger partial charge in [-0.1, -0.05) is 40.9 Å². The number of nitrogens with two attached hydrogens (primary N) is 1. The first-order valence-corrected chi connectivity index (χ1v) is 9.90. The molecule has 0 aliphatic carbocycles. The number of primary amides is 1. The monoisotopic (exact) mass is 450 g/mol. The topological polar surface area (TPSA) is 116 Å². The van der Waals surface area contributed by atoms with Crippen molar-refractivity contribution in [3.63, 3.8) is 0 Å². The van der Waals surface area contributed by atoms with Gasteiger partial charge in [0, 0.05) is 5.02 Å². The lowest BCUT2D eigenvalue weighted by molar-refractivity contribution is -0.125. The van der Waals surface area contributed by atoms with Crippen LogP contribution in [0.2, 0.25) is 15.1 Å². The van der Waals surface area contributed by atoms with Crippen LogP contribution in [0.15, 0.2) is 41.3 Å². The fourth-order valence-electron chi connectivity index (χ4n) is 1.94. The first-order chi connectivity index (χ1) is 12.5. The van der Waals surface area contributed by atoms with E-state index in [1.54, 1.807) is 12.1 Å². The van der Waals surface area contributed by atoms with Crippen LogP contribution in [0.3, 0.4) is 0 Å². The molecule has 27 heavy (non-hydrogen) atoms. The molecule has 0 radical (unpaired) electrons. The van der Waals surface area contributed by atoms with Gasteiger partial charge in [-0.05, 0) is 37.3 Å². The van der Waals surface area contributed by atoms with Crippen LogP contribution in [0, 0.1) is 0 Å². The summed E-state index contributed by atoms with van der Waals surface area (Å²) in [5.41, 5.74) is 4.94. The molecule has 3 N–H and O–H groups in total. The first-order valence-electron chi connectivity index (χ1n) is 7.29. The standard InChI is InChI=1S/C16H13Cl3N2O5S/c1-8(15(20)22)26-16(23)11-6-14(13(19)7-12(11)18)27(24,25)21-10-4-2-3-9(17)5-10/h2-8,21H,1H3,(H2,20,22)/t8-/m1/s1. The second kappa shape index (κ2) is 8.35. The number of amides is 1. The molecule has 2 aromatic carbocycles. The van der Waals surface area contributed by atoms with E-state index in [2.05, 4.69) is 4.72 Å². The van der Waals surface area contributed by atoms with Crippen molar-refractivity contribution in [3.8, 4) is 0 Å². The molecule has 7 nitrogen and oxygen atoms in total. The van der Waals surface area contributed by atoms with E-state index < -0.39 is 32.9 Å². The van der Waals surface area contributed by atoms with Crippen molar-refractivity contribution in [1.29, 1.82) is 0 Å². The van der Waals surface area contributed by atoms with Gasteiger partial charge in [-0.15, -0.1) is 0 Å². The SMILES string of the molecule is C[C@@H](OC(=O)c1cc(S(=O)(=O)Nc2cccc(Cl)c2)c(Cl)cc1Cl)C(N)=O. The van der Waals surface area contributed by atoms with Crippen LogP contribution >= 0.6 is 34.8 Å². The van der Waals surface area contributed by atoms with E-state index in [0.717, 1.165) is 12.1 Å². The van der Waals surface area contributed by atoms with Crippen molar-refractivity contribution < 1.29 is 22.7 Å². The van der Waals surface area contributed by atoms with Gasteiger partial charge in [-0.3, -0.25) is 9.52 Å². The molecule has 11 heteroatoms. The summed E-state index contributed by atoms with van der Waals surface area (Å²) in [6.45, 7) is 1.27. The number of ether oxygens (including phenoxy) is 1. The van der Waals surface area contributed by atoms with Gasteiger partial charge < -0.3 is 10.5 Å². The Hall–Kier alpha value is -2.00. The Morgan fingerprint density at radius 1 is 1.11 bits per heavy atom. The normalized spacial score (nSPS) is 12.3. The van der Waals surface area contributed by atoms with E-state index in [0.29, 0.717) is 5.02 Å². The number of hydrogen-bond donors (Lipinski definition) is 2. The van der Waals surface area contributed by atoms with Gasteiger partial charge >= 0.3 is 5.97 Å². The fraction of sp³-hybridized carbons (Fsp3) is 0.125. The van der Waals surface area contributed by atoms with Crippen molar-refractivity contribution in [2.75, 3.05) is 4.72 Å². The van der Waals surface area contributed by atoms with Crippen LogP contribution in [-0.2, 0) is 19.6 Å². The second-order valence-electron chi connectivity index (χ2n) is 5.33. The summed E-state index contributed by atoms with van der Waals surface area (Å²) in [4.78, 5) is 22.8. The third-order valence-corrected chi connectivity index (χ3v) is 5.69. The summed E-state index contributed by atoms with van der Waals surface area (Å²) in [7, 11) is -4.18. The lowest BCUT2D eigenvalue weighted by Gasteiger charge is -2.14. The van der Waals surface area contributed by atoms with Crippen molar-refractivity contribution >= 4 is 62.4 Å². The van der Waals surface area contributed by atoms with Gasteiger partial charge in [0.2, 0.25) is 0 Å². The summed E-state index contributed by atoms with van der Waals surface area (Å²) in [5.74, 6) is -1.90. The average molecular weight is 452 g/mol. The van der Waals surface area contributed by atoms with E-state index in [-0.39, 0.29) is 21.3 Å². The smallest absolute Gasteiger partial charge is 0.340 e. The third kappa shape index (κ3) is 5.26. The number of rotatable bonds is 6. The molecule has 2 aromatic rings. The lowest BCUT2D eigenvalue weighted by Crippen LogP contribution is -2.30. The molecule has 0 aliphatic rings. The zero-order chi connectivity index (χ0) is 20.4. The molecule has 144 valence electrons. The maximum atomic E-state index is 12.6. The highest BCUT2D eigenvalue weighted by atomic mass is 35.5. The highest BCUT2D eigenvalue weighted by Gasteiger charge is 2.25. The maximum absolute atomic E-state index is 12.6. The van der Waals surface area contributed by atoms with Crippen molar-refractivity contribution in [2.45, 2.75) is 17.9 Å². The third-order valence-electron chi connectivity index (χ3n) is 3.29. The number of carbonyl (C=O) groups is 2. The molecule has 2 rings (SSSR count). The zero-order valence-corrected chi connectivity index (χ0v) is 16.8. The van der Waals surface area contributed by atoms with Crippen LogP contribution in [0.25, 0.3) is 0 Å². The lowest BCUT2D eigenvalue weighted by atomic mass is 10.2. The highest BCUT2D eigenvalue weighted by molar-refractivity contribution is 7.92. The van der Waals surface area contributed by atoms with Gasteiger partial charge in [0.25, 0.3) is 15.9 Å². The number of nitrogens with one attached hydrogen (secondary N) is 1. The van der Waals surface area contributed by atoms with E-state index in [9.17, 15) is 18.0 Å². The summed E-state index contributed by atoms with van der Waals surface area (Å²) < 4.78 is 32.4. The average Bonchev–Trinajstić information content (AvgIpc) is 2.53. The summed E-state index contributed by atoms with van der Waals surface area (Å²) in [6.07, 6.45) is -1.23. The molecule has 1 atom stereocenters. The van der Waals surface area contributed by atoms with Crippen LogP contribution < -0.4 is 10.5 Å². The van der Waals surface area contributed by atoms with Crippen LogP contribution in [-0.4, -0.2) is 26.4 Å². The first kappa shape index (κ1) is 21.3. The van der Waals surface area contributed by atoms with Crippen LogP contribution in [0.4, 0.5) is 5.69 Å². The minimum Gasteiger partial charge on any atom is -0.449 e. The molecule has 0 aliphatic heterocycles. The van der Waals surface area contributed by atoms with Crippen molar-refractivity contribution in [3.05, 3.63) is 57.0 Å². The molecule has 1 amide bonds. The summed E-state index contributed by atoms with van der Waals surface area (Å²) >= 11 is 17.8. The Labute approximate surface area is 170 Å². The van der Waals surface area contributed by atoms with Gasteiger partial charge in [-0.2, -0.15) is 0 Å². The molecule has 0 fully saturated rings. The Bertz CT molecular complexity index is 1010. The molecular weight excluding hydrogens is 439 g/mol. The number of halogens is 3. The minimum absolute atomic E-state index is 0.150. The van der Waals surface area contributed by atoms with Crippen molar-refractivity contribution in [1.82, 2.24) is 0 Å². The van der Waals surface area contributed by atoms with Crippen molar-refractivity contribution in [2.24, 2.45) is 5.73 Å². The zero-order valence-electron chi connectivity index (χ0n) is 13.7. The molecule has 0 spiro atoms. The Balaban J connectivity index is 2.42. The minimum atomic E-state index is -4.18. The maximum Gasteiger partial charge on any atom is 0.340 e. The number of hydrogen-bond acceptors (Lipinski definition) is 5. The van der Waals surface area contributed by atoms with E-state index in [4.69, 9.17) is 45.3 Å². The molecule has 0 bridgehead atoms. The molecular formula is C16H13Cl3N2O5S. The molecule has 0 saturated heterocycles. The Morgan fingerprint density at radius 2 is 1.78 bits per heavy atom. The Morgan fingerprint density at radius 3 is 2.37 bits per heavy atom. The predicted octanol–water partition coefficient (Wildman–Crippen LogP) is 3.48. The molecule has 0 saturated carbocycles. The summed E-state index contributed by atoms with van der Waals surface area (Å²) in [5, 5.41) is -0.0421. The number of esters is 1. The largest absolute Gasteiger partial charge is 0.449 e. The number of sulfonamides is 1. The van der Waals surface area contributed by atoms with Gasteiger partial charge in [-0.25, -0.2) is 13.2 Å². The van der Waals surface area contributed by atoms with Gasteiger partial charge in [0.15, 0.2) is 6.10 Å². The van der Waals surface area contributed by atoms with E-state index in [1.807, 2.05) is 0 Å². The van der Waals surface area contributed by atoms with E-state index >= 15 is 0 Å². The number of anilines is 1. The molecule has 0 aromatic heterocycles. The molecule has 0 heterocycles. The van der Waals surface area contributed by atoms with E-state index in [1.165, 1.54) is 19.1 Å². The number of carbonyl (C=O) groups excluding carboxylic acids is 2.